The molecule has 0 aromatic carbocycles. The van der Waals surface area contributed by atoms with E-state index in [9.17, 15) is 4.79 Å². The summed E-state index contributed by atoms with van der Waals surface area (Å²) >= 11 is 0. The van der Waals surface area contributed by atoms with Crippen LogP contribution < -0.4 is 5.73 Å². The largest absolute Gasteiger partial charge is 0.368 e. The quantitative estimate of drug-likeness (QED) is 0.634. The number of carbonyl (C=O) groups is 1. The van der Waals surface area contributed by atoms with E-state index in [1.807, 2.05) is 13.8 Å². The van der Waals surface area contributed by atoms with E-state index in [0.717, 1.165) is 6.42 Å². The van der Waals surface area contributed by atoms with Gasteiger partial charge in [-0.05, 0) is 12.8 Å². The molecule has 0 aliphatic carbocycles. The third kappa shape index (κ3) is 1.19. The van der Waals surface area contributed by atoms with Crippen molar-refractivity contribution < 1.29 is 9.53 Å². The molecule has 0 bridgehead atoms. The summed E-state index contributed by atoms with van der Waals surface area (Å²) in [4.78, 5) is 11.2. The number of nitrogens with two attached hydrogens (primary N) is 1. The molecule has 1 fully saturated rings. The molecule has 0 aromatic rings. The van der Waals surface area contributed by atoms with Gasteiger partial charge < -0.3 is 10.5 Å². The van der Waals surface area contributed by atoms with E-state index in [1.165, 1.54) is 0 Å². The first-order valence-electron chi connectivity index (χ1n) is 4.09. The van der Waals surface area contributed by atoms with Crippen LogP contribution >= 0.6 is 0 Å². The summed E-state index contributed by atoms with van der Waals surface area (Å²) in [6, 6.07) is 0. The van der Waals surface area contributed by atoms with E-state index in [-0.39, 0.29) is 18.5 Å². The van der Waals surface area contributed by atoms with Gasteiger partial charge in [-0.2, -0.15) is 0 Å². The highest BCUT2D eigenvalue weighted by atomic mass is 16.5. The van der Waals surface area contributed by atoms with E-state index in [1.54, 1.807) is 0 Å². The molecule has 3 nitrogen and oxygen atoms in total. The number of Topliss-reactive ketones (excluding diaryl/α,β-unsaturated/α-hetero) is 1. The molecule has 0 spiro atoms. The van der Waals surface area contributed by atoms with Gasteiger partial charge in [-0.25, -0.2) is 0 Å². The standard InChI is InChI=1S/C8H15NO2/c1-3-7-8(9,4-2)6(10)5-11-7/h7H,3-5,9H2,1-2H3. The molecule has 1 saturated heterocycles. The Hall–Kier alpha value is -0.410. The Morgan fingerprint density at radius 1 is 1.73 bits per heavy atom. The SMILES string of the molecule is CCC1OCC(=O)C1(N)CC. The highest BCUT2D eigenvalue weighted by Gasteiger charge is 2.45. The minimum absolute atomic E-state index is 0.0480. The van der Waals surface area contributed by atoms with Crippen molar-refractivity contribution in [3.8, 4) is 0 Å². The molecule has 2 atom stereocenters. The van der Waals surface area contributed by atoms with Crippen LogP contribution in [0.25, 0.3) is 0 Å². The van der Waals surface area contributed by atoms with Crippen molar-refractivity contribution in [1.29, 1.82) is 0 Å². The normalized spacial score (nSPS) is 38.1. The second kappa shape index (κ2) is 2.91. The van der Waals surface area contributed by atoms with Crippen LogP contribution in [0.2, 0.25) is 0 Å². The summed E-state index contributed by atoms with van der Waals surface area (Å²) in [5.74, 6) is 0.0480. The van der Waals surface area contributed by atoms with Crippen molar-refractivity contribution in [3.05, 3.63) is 0 Å². The van der Waals surface area contributed by atoms with Crippen molar-refractivity contribution >= 4 is 5.78 Å². The predicted octanol–water partition coefficient (Wildman–Crippen LogP) is 0.472. The van der Waals surface area contributed by atoms with Crippen LogP contribution in [0, 0.1) is 0 Å². The maximum absolute atomic E-state index is 11.2. The number of rotatable bonds is 2. The van der Waals surface area contributed by atoms with E-state index in [0.29, 0.717) is 6.42 Å². The van der Waals surface area contributed by atoms with Crippen molar-refractivity contribution in [2.75, 3.05) is 6.61 Å². The number of hydrogen-bond acceptors (Lipinski definition) is 3. The van der Waals surface area contributed by atoms with Crippen LogP contribution in [0.3, 0.4) is 0 Å². The monoisotopic (exact) mass is 157 g/mol. The maximum atomic E-state index is 11.2. The lowest BCUT2D eigenvalue weighted by atomic mass is 9.87. The van der Waals surface area contributed by atoms with Gasteiger partial charge in [0.2, 0.25) is 0 Å². The van der Waals surface area contributed by atoms with Crippen LogP contribution in [0.4, 0.5) is 0 Å². The molecule has 64 valence electrons. The second-order valence-corrected chi connectivity index (χ2v) is 3.02. The lowest BCUT2D eigenvalue weighted by Gasteiger charge is -2.25. The Labute approximate surface area is 66.9 Å². The second-order valence-electron chi connectivity index (χ2n) is 3.02. The van der Waals surface area contributed by atoms with E-state index < -0.39 is 5.54 Å². The fourth-order valence-electron chi connectivity index (χ4n) is 1.55. The van der Waals surface area contributed by atoms with Crippen molar-refractivity contribution in [1.82, 2.24) is 0 Å². The van der Waals surface area contributed by atoms with Gasteiger partial charge in [0, 0.05) is 0 Å². The molecule has 1 heterocycles. The molecule has 3 heteroatoms. The van der Waals surface area contributed by atoms with Crippen LogP contribution in [0.5, 0.6) is 0 Å². The average Bonchev–Trinajstić information content (AvgIpc) is 2.30. The van der Waals surface area contributed by atoms with Gasteiger partial charge in [-0.15, -0.1) is 0 Å². The zero-order valence-electron chi connectivity index (χ0n) is 7.09. The molecule has 2 unspecified atom stereocenters. The molecule has 1 aliphatic rings. The summed E-state index contributed by atoms with van der Waals surface area (Å²) in [6.07, 6.45) is 1.42. The van der Waals surface area contributed by atoms with E-state index >= 15 is 0 Å². The zero-order valence-corrected chi connectivity index (χ0v) is 7.09. The first kappa shape index (κ1) is 8.68. The minimum Gasteiger partial charge on any atom is -0.368 e. The number of carbonyl (C=O) groups excluding carboxylic acids is 1. The molecule has 2 N–H and O–H groups in total. The Morgan fingerprint density at radius 2 is 2.36 bits per heavy atom. The van der Waals surface area contributed by atoms with Gasteiger partial charge in [-0.3, -0.25) is 4.79 Å². The van der Waals surface area contributed by atoms with Gasteiger partial charge in [-0.1, -0.05) is 13.8 Å². The zero-order chi connectivity index (χ0) is 8.48. The first-order valence-corrected chi connectivity index (χ1v) is 4.09. The highest BCUT2D eigenvalue weighted by Crippen LogP contribution is 2.25. The summed E-state index contributed by atoms with van der Waals surface area (Å²) < 4.78 is 5.25. The van der Waals surface area contributed by atoms with Gasteiger partial charge in [0.25, 0.3) is 0 Å². The molecule has 0 saturated carbocycles. The third-order valence-corrected chi connectivity index (χ3v) is 2.47. The number of ketones is 1. The van der Waals surface area contributed by atoms with Crippen molar-refractivity contribution in [2.24, 2.45) is 5.73 Å². The van der Waals surface area contributed by atoms with Crippen LogP contribution in [-0.2, 0) is 9.53 Å². The summed E-state index contributed by atoms with van der Waals surface area (Å²) in [5, 5.41) is 0. The topological polar surface area (TPSA) is 52.3 Å². The fourth-order valence-corrected chi connectivity index (χ4v) is 1.55. The minimum atomic E-state index is -0.700. The third-order valence-electron chi connectivity index (χ3n) is 2.47. The molecule has 0 radical (unpaired) electrons. The summed E-state index contributed by atoms with van der Waals surface area (Å²) in [5.41, 5.74) is 5.18. The fraction of sp³-hybridized carbons (Fsp3) is 0.875. The van der Waals surface area contributed by atoms with E-state index in [2.05, 4.69) is 0 Å². The number of hydrogen-bond donors (Lipinski definition) is 1. The van der Waals surface area contributed by atoms with Gasteiger partial charge in [0.05, 0.1) is 6.10 Å². The van der Waals surface area contributed by atoms with E-state index in [4.69, 9.17) is 10.5 Å². The van der Waals surface area contributed by atoms with Crippen LogP contribution in [-0.4, -0.2) is 24.0 Å². The van der Waals surface area contributed by atoms with Crippen molar-refractivity contribution in [3.63, 3.8) is 0 Å². The predicted molar refractivity (Wildman–Crippen MR) is 42.2 cm³/mol. The average molecular weight is 157 g/mol. The molecule has 0 amide bonds. The molecular weight excluding hydrogens is 142 g/mol. The highest BCUT2D eigenvalue weighted by molar-refractivity contribution is 5.91. The molecule has 0 aromatic heterocycles. The Bertz CT molecular complexity index is 169. The van der Waals surface area contributed by atoms with Crippen LogP contribution in [0.15, 0.2) is 0 Å². The molecular formula is C8H15NO2. The van der Waals surface area contributed by atoms with Gasteiger partial charge in [0.15, 0.2) is 5.78 Å². The molecule has 1 rings (SSSR count). The molecule has 11 heavy (non-hydrogen) atoms. The number of ether oxygens (including phenoxy) is 1. The Kier molecular flexibility index (Phi) is 2.30. The van der Waals surface area contributed by atoms with Crippen molar-refractivity contribution in [2.45, 2.75) is 38.3 Å². The smallest absolute Gasteiger partial charge is 0.180 e. The Morgan fingerprint density at radius 3 is 2.73 bits per heavy atom. The van der Waals surface area contributed by atoms with Gasteiger partial charge >= 0.3 is 0 Å². The Balaban J connectivity index is 2.78. The summed E-state index contributed by atoms with van der Waals surface area (Å²) in [6.45, 7) is 4.11. The first-order chi connectivity index (χ1) is 5.15. The maximum Gasteiger partial charge on any atom is 0.180 e. The van der Waals surface area contributed by atoms with Crippen LogP contribution in [0.1, 0.15) is 26.7 Å². The lowest BCUT2D eigenvalue weighted by molar-refractivity contribution is -0.121. The summed E-state index contributed by atoms with van der Waals surface area (Å²) in [7, 11) is 0. The molecule has 1 aliphatic heterocycles. The lowest BCUT2D eigenvalue weighted by Crippen LogP contribution is -2.52. The van der Waals surface area contributed by atoms with Gasteiger partial charge in [0.1, 0.15) is 12.1 Å².